The molecule has 2 fully saturated rings. The minimum Gasteiger partial charge on any atom is -0.457 e. The molecule has 2 aromatic rings. The van der Waals surface area contributed by atoms with Crippen molar-refractivity contribution < 1.29 is 32.2 Å². The van der Waals surface area contributed by atoms with Crippen LogP contribution in [0.3, 0.4) is 0 Å². The molecule has 8 heteroatoms. The quantitative estimate of drug-likeness (QED) is 0.128. The topological polar surface area (TPSA) is 52.6 Å². The number of esters is 1. The van der Waals surface area contributed by atoms with Gasteiger partial charge in [-0.3, -0.25) is 4.79 Å². The van der Waals surface area contributed by atoms with Crippen LogP contribution < -0.4 is 4.74 Å². The van der Waals surface area contributed by atoms with Crippen molar-refractivity contribution in [3.05, 3.63) is 63.2 Å². The molecular weight excluding hydrogens is 560 g/mol. The third-order valence-corrected chi connectivity index (χ3v) is 10.7. The number of Topliss-reactive ketones (excluding diaryl/α,β-unsaturated/α-hetero) is 1. The van der Waals surface area contributed by atoms with Gasteiger partial charge in [-0.15, -0.1) is 13.2 Å². The van der Waals surface area contributed by atoms with Crippen LogP contribution in [0.25, 0.3) is 0 Å². The molecule has 0 saturated carbocycles. The van der Waals surface area contributed by atoms with Gasteiger partial charge in [-0.05, 0) is 17.7 Å². The molecule has 34 heavy (non-hydrogen) atoms. The Hall–Kier alpha value is -2.10. The minimum atomic E-state index is -4.78. The van der Waals surface area contributed by atoms with Crippen molar-refractivity contribution in [3.63, 3.8) is 0 Å². The van der Waals surface area contributed by atoms with Gasteiger partial charge >= 0.3 is 129 Å². The van der Waals surface area contributed by atoms with E-state index in [1.54, 1.807) is 3.57 Å². The molecule has 0 amide bonds. The van der Waals surface area contributed by atoms with Gasteiger partial charge in [0, 0.05) is 0 Å². The van der Waals surface area contributed by atoms with Crippen molar-refractivity contribution >= 4 is 31.6 Å². The number of halogens is 4. The van der Waals surface area contributed by atoms with Crippen molar-refractivity contribution in [1.29, 1.82) is 0 Å². The van der Waals surface area contributed by atoms with Gasteiger partial charge in [0.2, 0.25) is 0 Å². The molecule has 0 bridgehead atoms. The molecule has 2 heterocycles. The van der Waals surface area contributed by atoms with Crippen molar-refractivity contribution in [3.8, 4) is 5.75 Å². The number of unbranched alkanes of at least 4 members (excludes halogenated alkanes) is 3. The Morgan fingerprint density at radius 2 is 1.65 bits per heavy atom. The number of ether oxygens (including phenoxy) is 2. The Balaban J connectivity index is 1.19. The molecule has 2 aromatic carbocycles. The Bertz CT molecular complexity index is 985. The van der Waals surface area contributed by atoms with E-state index in [1.165, 1.54) is 26.6 Å². The molecule has 2 aliphatic heterocycles. The van der Waals surface area contributed by atoms with Crippen LogP contribution in [0.4, 0.5) is 13.2 Å². The summed E-state index contributed by atoms with van der Waals surface area (Å²) in [4.78, 5) is 24.6. The summed E-state index contributed by atoms with van der Waals surface area (Å²) < 4.78 is 50.8. The second kappa shape index (κ2) is 11.1. The summed E-state index contributed by atoms with van der Waals surface area (Å²) in [6, 6.07) is 14.3. The third kappa shape index (κ3) is 7.20. The average molecular weight is 588 g/mol. The van der Waals surface area contributed by atoms with Gasteiger partial charge in [-0.1, -0.05) is 12.1 Å². The number of hydrogen-bond donors (Lipinski definition) is 0. The van der Waals surface area contributed by atoms with Crippen LogP contribution in [0.5, 0.6) is 5.75 Å². The molecule has 2 saturated heterocycles. The zero-order chi connectivity index (χ0) is 24.1. The van der Waals surface area contributed by atoms with E-state index in [0.717, 1.165) is 44.2 Å². The molecule has 0 unspecified atom stereocenters. The van der Waals surface area contributed by atoms with Gasteiger partial charge in [0.25, 0.3) is 0 Å². The monoisotopic (exact) mass is 588 g/mol. The van der Waals surface area contributed by atoms with Gasteiger partial charge in [-0.25, -0.2) is 0 Å². The summed E-state index contributed by atoms with van der Waals surface area (Å²) in [5.74, 6) is -1.46. The first-order chi connectivity index (χ1) is 16.3. The second-order valence-electron chi connectivity index (χ2n) is 8.68. The summed E-state index contributed by atoms with van der Waals surface area (Å²) >= 11 is -0.673. The SMILES string of the molecule is O=C1C[C@H](C(=O)CCCCCCc2ccc(I3CC3)cc2)[C@@H](c2ccc(OC(F)(F)F)cc2)O1. The van der Waals surface area contributed by atoms with Crippen LogP contribution >= 0.6 is 19.8 Å². The summed E-state index contributed by atoms with van der Waals surface area (Å²) in [5.41, 5.74) is 1.86. The number of rotatable bonds is 11. The number of carbonyl (C=O) groups excluding carboxylic acids is 2. The van der Waals surface area contributed by atoms with E-state index < -0.39 is 44.2 Å². The van der Waals surface area contributed by atoms with Crippen molar-refractivity contribution in [2.75, 3.05) is 8.86 Å². The van der Waals surface area contributed by atoms with Crippen LogP contribution in [-0.4, -0.2) is 27.0 Å². The smallest absolute Gasteiger partial charge is 0.457 e. The molecule has 0 aliphatic carbocycles. The van der Waals surface area contributed by atoms with E-state index in [9.17, 15) is 22.8 Å². The molecule has 0 spiro atoms. The van der Waals surface area contributed by atoms with E-state index in [-0.39, 0.29) is 18.0 Å². The predicted octanol–water partition coefficient (Wildman–Crippen LogP) is 6.64. The molecule has 0 aromatic heterocycles. The van der Waals surface area contributed by atoms with Crippen LogP contribution in [0.1, 0.15) is 55.8 Å². The van der Waals surface area contributed by atoms with E-state index >= 15 is 0 Å². The number of carbonyl (C=O) groups is 2. The maximum Gasteiger partial charge on any atom is 0.573 e. The van der Waals surface area contributed by atoms with Crippen molar-refractivity contribution in [2.24, 2.45) is 5.92 Å². The number of benzene rings is 2. The number of ketones is 1. The fraction of sp³-hybridized carbons (Fsp3) is 0.462. The Morgan fingerprint density at radius 3 is 2.29 bits per heavy atom. The molecule has 2 aliphatic rings. The largest absolute Gasteiger partial charge is 0.573 e. The molecule has 4 nitrogen and oxygen atoms in total. The standard InChI is InChI=1S/C26H28F3IO4/c27-26(28,29)34-21-13-9-19(10-14-21)25-22(17-24(32)33-25)23(31)6-4-2-1-3-5-18-7-11-20(12-8-18)30-15-16-30/h7-14,22,25H,1-6,15-17H2/t22-,25-/m1/s1. The Kier molecular flexibility index (Phi) is 8.16. The molecule has 4 rings (SSSR count). The van der Waals surface area contributed by atoms with Crippen molar-refractivity contribution in [2.45, 2.75) is 57.4 Å². The number of cyclic esters (lactones) is 1. The second-order valence-corrected chi connectivity index (χ2v) is 14.7. The molecule has 184 valence electrons. The van der Waals surface area contributed by atoms with E-state index in [4.69, 9.17) is 4.74 Å². The zero-order valence-corrected chi connectivity index (χ0v) is 20.9. The first-order valence-electron chi connectivity index (χ1n) is 11.6. The summed E-state index contributed by atoms with van der Waals surface area (Å²) in [6.45, 7) is 0. The predicted molar refractivity (Wildman–Crippen MR) is 131 cm³/mol. The maximum absolute atomic E-state index is 12.8. The number of hydrogen-bond acceptors (Lipinski definition) is 4. The molecule has 2 atom stereocenters. The normalized spacial score (nSPS) is 20.8. The molecular formula is C26H28F3IO4. The van der Waals surface area contributed by atoms with Gasteiger partial charge in [0.05, 0.1) is 6.42 Å². The van der Waals surface area contributed by atoms with Gasteiger partial charge in [0.15, 0.2) is 0 Å². The first-order valence-corrected chi connectivity index (χ1v) is 15.7. The first kappa shape index (κ1) is 25.0. The minimum absolute atomic E-state index is 0.00434. The maximum atomic E-state index is 12.8. The third-order valence-electron chi connectivity index (χ3n) is 6.10. The Labute approximate surface area is 204 Å². The zero-order valence-electron chi connectivity index (χ0n) is 18.8. The van der Waals surface area contributed by atoms with Gasteiger partial charge in [0.1, 0.15) is 11.9 Å². The van der Waals surface area contributed by atoms with Crippen LogP contribution in [0.15, 0.2) is 48.5 Å². The molecule has 0 N–H and O–H groups in total. The average Bonchev–Trinajstić information content (AvgIpc) is 3.57. The van der Waals surface area contributed by atoms with E-state index in [0.29, 0.717) is 12.0 Å². The summed E-state index contributed by atoms with van der Waals surface area (Å²) in [5, 5.41) is 0. The number of alkyl halides is 5. The fourth-order valence-electron chi connectivity index (χ4n) is 4.25. The van der Waals surface area contributed by atoms with Gasteiger partial charge in [-0.2, -0.15) is 0 Å². The van der Waals surface area contributed by atoms with Gasteiger partial charge < -0.3 is 9.47 Å². The van der Waals surface area contributed by atoms with Crippen LogP contribution in [0, 0.1) is 9.49 Å². The van der Waals surface area contributed by atoms with Crippen LogP contribution in [-0.2, 0) is 20.7 Å². The summed E-state index contributed by atoms with van der Waals surface area (Å²) in [6.07, 6.45) is -0.309. The molecule has 0 radical (unpaired) electrons. The van der Waals surface area contributed by atoms with E-state index in [2.05, 4.69) is 29.0 Å². The van der Waals surface area contributed by atoms with E-state index in [1.807, 2.05) is 0 Å². The van der Waals surface area contributed by atoms with Crippen LogP contribution in [0.2, 0.25) is 0 Å². The fourth-order valence-corrected chi connectivity index (χ4v) is 8.44. The number of aryl methyl sites for hydroxylation is 1. The summed E-state index contributed by atoms with van der Waals surface area (Å²) in [7, 11) is 0. The Morgan fingerprint density at radius 1 is 0.971 bits per heavy atom. The van der Waals surface area contributed by atoms with Crippen molar-refractivity contribution in [1.82, 2.24) is 0 Å².